The Bertz CT molecular complexity index is 2770. The number of Topliss-reactive ketones (excluding diaryl/α,β-unsaturated/α-hetero) is 1. The highest BCUT2D eigenvalue weighted by molar-refractivity contribution is 7.81. The summed E-state index contributed by atoms with van der Waals surface area (Å²) >= 11 is 7.22. The van der Waals surface area contributed by atoms with Crippen LogP contribution in [-0.4, -0.2) is 93.7 Å². The zero-order chi connectivity index (χ0) is 51.3. The molecule has 372 valence electrons. The van der Waals surface area contributed by atoms with Gasteiger partial charge in [0.05, 0.1) is 52.0 Å². The number of anilines is 2. The first-order chi connectivity index (χ1) is 33.7. The lowest BCUT2D eigenvalue weighted by Crippen LogP contribution is -2.57. The minimum atomic E-state index is -4.80. The number of likely N-dealkylation sites (tertiary alicyclic amines) is 1. The third kappa shape index (κ3) is 12.2. The second-order valence-electron chi connectivity index (χ2n) is 19.1. The monoisotopic (exact) mass is 1010 g/mol. The molecule has 2 aliphatic rings. The largest absolute Gasteiger partial charge is 0.494 e. The molecule has 7 rings (SSSR count). The predicted octanol–water partition coefficient (Wildman–Crippen LogP) is 9.15. The highest BCUT2D eigenvalue weighted by Gasteiger charge is 2.51. The number of amides is 3. The molecule has 3 atom stereocenters. The van der Waals surface area contributed by atoms with Crippen molar-refractivity contribution in [2.45, 2.75) is 96.6 Å². The minimum Gasteiger partial charge on any atom is -0.494 e. The molecule has 18 heteroatoms. The van der Waals surface area contributed by atoms with E-state index in [0.29, 0.717) is 37.3 Å². The van der Waals surface area contributed by atoms with Gasteiger partial charge in [0, 0.05) is 37.9 Å². The number of unbranched alkanes of at least 4 members (excludes halogenated alkanes) is 1. The minimum absolute atomic E-state index is 0.00454. The Morgan fingerprint density at radius 2 is 1.58 bits per heavy atom. The van der Waals surface area contributed by atoms with Gasteiger partial charge in [-0.1, -0.05) is 69.3 Å². The van der Waals surface area contributed by atoms with Crippen molar-refractivity contribution in [3.63, 3.8) is 0 Å². The van der Waals surface area contributed by atoms with Crippen LogP contribution in [0.5, 0.6) is 5.75 Å². The van der Waals surface area contributed by atoms with Crippen LogP contribution >= 0.6 is 23.6 Å². The molecular weight excluding hydrogens is 954 g/mol. The Morgan fingerprint density at radius 3 is 2.20 bits per heavy atom. The standard InChI is InChI=1S/C53H55F3N6O7S2/c1-51(2,3)47(48(66)60-30-40(63)27-43(60)44(64)23-10-33-8-11-36(12-9-33)45-29-58-32-71-45)59-46(65)31-68-24-6-7-25-69-41-21-16-35(17-22-41)34-13-18-38(19-14-34)62-50(70)61(49(67)52(62,4)5)39-20-15-37(28-57)42(26-39)53(54,55)56/h8-9,11-22,26,29,32,40,43,47,63H,6-7,10,23-25,27,30-31H2,1-5H3,(H,59,65)/t40-,43+,47-/m1/s1. The molecular formula is C53H55F3N6O7S2. The number of hydrogen-bond acceptors (Lipinski definition) is 11. The number of aliphatic hydroxyl groups excluding tert-OH is 1. The Labute approximate surface area is 420 Å². The molecule has 2 N–H and O–H groups in total. The van der Waals surface area contributed by atoms with E-state index in [0.717, 1.165) is 44.2 Å². The molecule has 71 heavy (non-hydrogen) atoms. The van der Waals surface area contributed by atoms with Gasteiger partial charge in [-0.3, -0.25) is 29.1 Å². The van der Waals surface area contributed by atoms with Crippen LogP contribution in [0.3, 0.4) is 0 Å². The van der Waals surface area contributed by atoms with Crippen LogP contribution < -0.4 is 19.9 Å². The van der Waals surface area contributed by atoms with Crippen molar-refractivity contribution in [1.82, 2.24) is 15.2 Å². The summed E-state index contributed by atoms with van der Waals surface area (Å²) < 4.78 is 52.9. The molecule has 13 nitrogen and oxygen atoms in total. The first kappa shape index (κ1) is 52.3. The summed E-state index contributed by atoms with van der Waals surface area (Å²) in [6.45, 7) is 9.19. The van der Waals surface area contributed by atoms with E-state index in [2.05, 4.69) is 10.3 Å². The Kier molecular flexibility index (Phi) is 16.1. The summed E-state index contributed by atoms with van der Waals surface area (Å²) in [4.78, 5) is 63.5. The first-order valence-corrected chi connectivity index (χ1v) is 24.5. The second-order valence-corrected chi connectivity index (χ2v) is 20.4. The maximum absolute atomic E-state index is 14.0. The van der Waals surface area contributed by atoms with Gasteiger partial charge >= 0.3 is 6.18 Å². The van der Waals surface area contributed by atoms with Gasteiger partial charge in [-0.25, -0.2) is 0 Å². The number of ether oxygens (including phenoxy) is 2. The van der Waals surface area contributed by atoms with Crippen LogP contribution in [0.15, 0.2) is 103 Å². The fourth-order valence-corrected chi connectivity index (χ4v) is 9.83. The number of β-amino-alcohol motifs (C(OH)–C–C–N with tert-alkyl or cyclic N) is 1. The third-order valence-corrected chi connectivity index (χ3v) is 13.7. The Hall–Kier alpha value is -6.52. The lowest BCUT2D eigenvalue weighted by molar-refractivity contribution is -0.144. The SMILES string of the molecule is CC(C)(C)[C@H](NC(=O)COCCCCOc1ccc(-c2ccc(N3C(=S)N(c4ccc(C#N)c(C(F)(F)F)c4)C(=O)C3(C)C)cc2)cc1)C(=O)N1C[C@H](O)C[C@H]1C(=O)CCc1ccc(-c2cncs2)cc1. The molecule has 2 aliphatic heterocycles. The number of aliphatic hydroxyl groups is 1. The Balaban J connectivity index is 0.841. The van der Waals surface area contributed by atoms with Crippen LogP contribution in [0.1, 0.15) is 77.0 Å². The van der Waals surface area contributed by atoms with Gasteiger partial charge in [0.1, 0.15) is 23.9 Å². The number of rotatable bonds is 18. The maximum atomic E-state index is 14.0. The number of carbonyl (C=O) groups is 4. The van der Waals surface area contributed by atoms with Crippen molar-refractivity contribution in [1.29, 1.82) is 5.26 Å². The normalized spacial score (nSPS) is 17.3. The molecule has 0 aliphatic carbocycles. The Morgan fingerprint density at radius 1 is 0.944 bits per heavy atom. The number of aryl methyl sites for hydroxylation is 1. The quantitative estimate of drug-likeness (QED) is 0.0635. The van der Waals surface area contributed by atoms with Gasteiger partial charge in [-0.05, 0) is 115 Å². The van der Waals surface area contributed by atoms with Crippen LogP contribution in [0.25, 0.3) is 21.6 Å². The number of thiazole rings is 1. The third-order valence-electron chi connectivity index (χ3n) is 12.5. The number of benzene rings is 4. The predicted molar refractivity (Wildman–Crippen MR) is 269 cm³/mol. The molecule has 0 bridgehead atoms. The van der Waals surface area contributed by atoms with E-state index in [9.17, 15) is 42.7 Å². The lowest BCUT2D eigenvalue weighted by Gasteiger charge is -2.35. The molecule has 0 unspecified atom stereocenters. The summed E-state index contributed by atoms with van der Waals surface area (Å²) in [5, 5.41) is 22.6. The molecule has 1 aromatic heterocycles. The molecule has 4 aromatic carbocycles. The van der Waals surface area contributed by atoms with Gasteiger partial charge in [0.15, 0.2) is 10.9 Å². The van der Waals surface area contributed by atoms with Crippen molar-refractivity contribution < 1.29 is 46.9 Å². The fourth-order valence-electron chi connectivity index (χ4n) is 8.68. The van der Waals surface area contributed by atoms with Crippen LogP contribution in [0, 0.1) is 16.7 Å². The maximum Gasteiger partial charge on any atom is 0.417 e. The van der Waals surface area contributed by atoms with Crippen molar-refractivity contribution >= 4 is 63.5 Å². The molecule has 0 radical (unpaired) electrons. The molecule has 3 heterocycles. The van der Waals surface area contributed by atoms with E-state index < -0.39 is 64.2 Å². The molecule has 2 saturated heterocycles. The van der Waals surface area contributed by atoms with Crippen molar-refractivity contribution in [3.05, 3.63) is 119 Å². The average molecular weight is 1010 g/mol. The van der Waals surface area contributed by atoms with Gasteiger partial charge in [-0.2, -0.15) is 18.4 Å². The van der Waals surface area contributed by atoms with Crippen molar-refractivity contribution in [2.75, 3.05) is 36.2 Å². The van der Waals surface area contributed by atoms with E-state index in [4.69, 9.17) is 21.7 Å². The smallest absolute Gasteiger partial charge is 0.417 e. The van der Waals surface area contributed by atoms with Gasteiger partial charge < -0.3 is 29.7 Å². The second kappa shape index (κ2) is 21.9. The molecule has 0 spiro atoms. The van der Waals surface area contributed by atoms with Crippen LogP contribution in [-0.2, 0) is 36.5 Å². The number of nitriles is 1. The number of aromatic nitrogens is 1. The molecule has 0 saturated carbocycles. The van der Waals surface area contributed by atoms with E-state index in [1.54, 1.807) is 53.8 Å². The van der Waals surface area contributed by atoms with E-state index in [1.165, 1.54) is 11.0 Å². The fraction of sp³-hybridized carbons (Fsp3) is 0.377. The summed E-state index contributed by atoms with van der Waals surface area (Å²) in [5.74, 6) is -0.895. The van der Waals surface area contributed by atoms with Gasteiger partial charge in [0.25, 0.3) is 5.91 Å². The van der Waals surface area contributed by atoms with E-state index >= 15 is 0 Å². The van der Waals surface area contributed by atoms with Crippen LogP contribution in [0.4, 0.5) is 24.5 Å². The number of halogens is 3. The van der Waals surface area contributed by atoms with Crippen molar-refractivity contribution in [3.8, 4) is 33.4 Å². The summed E-state index contributed by atoms with van der Waals surface area (Å²) in [7, 11) is 0. The zero-order valence-electron chi connectivity index (χ0n) is 40.0. The van der Waals surface area contributed by atoms with Crippen LogP contribution in [0.2, 0.25) is 0 Å². The molecule has 5 aromatic rings. The lowest BCUT2D eigenvalue weighted by atomic mass is 9.85. The topological polar surface area (TPSA) is 165 Å². The van der Waals surface area contributed by atoms with E-state index in [1.807, 2.05) is 87.6 Å². The van der Waals surface area contributed by atoms with Gasteiger partial charge in [0.2, 0.25) is 11.8 Å². The molecule has 3 amide bonds. The average Bonchev–Trinajstić information content (AvgIpc) is 4.06. The first-order valence-electron chi connectivity index (χ1n) is 23.2. The highest BCUT2D eigenvalue weighted by Crippen LogP contribution is 2.40. The summed E-state index contributed by atoms with van der Waals surface area (Å²) in [5.41, 5.74) is 2.41. The number of thiocarbonyl (C=S) groups is 1. The number of alkyl halides is 3. The zero-order valence-corrected chi connectivity index (χ0v) is 41.6. The van der Waals surface area contributed by atoms with Gasteiger partial charge in [-0.15, -0.1) is 11.3 Å². The molecule has 2 fully saturated rings. The number of carbonyl (C=O) groups excluding carboxylic acids is 4. The number of hydrogen-bond donors (Lipinski definition) is 2. The highest BCUT2D eigenvalue weighted by atomic mass is 32.1. The van der Waals surface area contributed by atoms with E-state index in [-0.39, 0.29) is 49.2 Å². The number of nitrogens with one attached hydrogen (secondary N) is 1. The summed E-state index contributed by atoms with van der Waals surface area (Å²) in [6, 6.07) is 25.6. The van der Waals surface area contributed by atoms with Crippen molar-refractivity contribution in [2.24, 2.45) is 5.41 Å². The summed E-state index contributed by atoms with van der Waals surface area (Å²) in [6.07, 6.45) is -1.77. The number of nitrogens with zero attached hydrogens (tertiary/aromatic N) is 5. The number of ketones is 1.